The van der Waals surface area contributed by atoms with Gasteiger partial charge in [-0.3, -0.25) is 4.79 Å². The summed E-state index contributed by atoms with van der Waals surface area (Å²) in [6, 6.07) is 4.61. The van der Waals surface area contributed by atoms with E-state index in [0.29, 0.717) is 0 Å². The summed E-state index contributed by atoms with van der Waals surface area (Å²) in [6.07, 6.45) is 0. The van der Waals surface area contributed by atoms with Crippen molar-refractivity contribution in [3.8, 4) is 11.8 Å². The molecule has 16 heavy (non-hydrogen) atoms. The highest BCUT2D eigenvalue weighted by molar-refractivity contribution is 5.79. The molecule has 0 aromatic heterocycles. The van der Waals surface area contributed by atoms with Gasteiger partial charge < -0.3 is 16.2 Å². The number of nitriles is 1. The van der Waals surface area contributed by atoms with E-state index in [9.17, 15) is 9.18 Å². The molecular weight excluding hydrogens is 213 g/mol. The van der Waals surface area contributed by atoms with Crippen LogP contribution in [-0.2, 0) is 4.79 Å². The van der Waals surface area contributed by atoms with Gasteiger partial charge in [-0.25, -0.2) is 4.39 Å². The van der Waals surface area contributed by atoms with E-state index >= 15 is 0 Å². The highest BCUT2D eigenvalue weighted by Gasteiger charge is 2.13. The van der Waals surface area contributed by atoms with Gasteiger partial charge in [0.05, 0.1) is 0 Å². The summed E-state index contributed by atoms with van der Waals surface area (Å²) < 4.78 is 18.2. The van der Waals surface area contributed by atoms with E-state index in [1.54, 1.807) is 6.07 Å². The number of rotatable bonds is 4. The minimum atomic E-state index is -0.991. The number of hydrogen-bond donors (Lipinski definition) is 2. The van der Waals surface area contributed by atoms with Gasteiger partial charge in [-0.1, -0.05) is 6.07 Å². The first kappa shape index (κ1) is 11.9. The van der Waals surface area contributed by atoms with Crippen molar-refractivity contribution in [2.75, 3.05) is 6.61 Å². The Morgan fingerprint density at radius 3 is 2.88 bits per heavy atom. The Balaban J connectivity index is 2.79. The largest absolute Gasteiger partial charge is 0.490 e. The molecule has 1 atom stereocenters. The minimum absolute atomic E-state index is 0.0409. The monoisotopic (exact) mass is 223 g/mol. The molecule has 1 rings (SSSR count). The van der Waals surface area contributed by atoms with E-state index in [1.165, 1.54) is 12.1 Å². The van der Waals surface area contributed by atoms with Crippen LogP contribution < -0.4 is 16.2 Å². The lowest BCUT2D eigenvalue weighted by atomic mass is 10.2. The van der Waals surface area contributed by atoms with Crippen LogP contribution in [0.3, 0.4) is 0 Å². The molecule has 0 aliphatic rings. The van der Waals surface area contributed by atoms with Gasteiger partial charge in [-0.05, 0) is 12.1 Å². The fourth-order valence-corrected chi connectivity index (χ4v) is 0.995. The van der Waals surface area contributed by atoms with Crippen LogP contribution in [0.2, 0.25) is 0 Å². The van der Waals surface area contributed by atoms with Crippen LogP contribution in [0.5, 0.6) is 5.75 Å². The normalized spacial score (nSPS) is 11.6. The zero-order valence-electron chi connectivity index (χ0n) is 8.31. The SMILES string of the molecule is N#Cc1c(F)cccc1OCC(N)C(N)=O. The van der Waals surface area contributed by atoms with E-state index in [2.05, 4.69) is 0 Å². The van der Waals surface area contributed by atoms with Crippen LogP contribution in [0, 0.1) is 17.1 Å². The maximum absolute atomic E-state index is 13.1. The number of halogens is 1. The lowest BCUT2D eigenvalue weighted by Crippen LogP contribution is -2.41. The lowest BCUT2D eigenvalue weighted by molar-refractivity contribution is -0.119. The summed E-state index contributed by atoms with van der Waals surface area (Å²) in [4.78, 5) is 10.6. The van der Waals surface area contributed by atoms with E-state index in [1.807, 2.05) is 0 Å². The number of carbonyl (C=O) groups excluding carboxylic acids is 1. The Morgan fingerprint density at radius 1 is 1.62 bits per heavy atom. The third-order valence-corrected chi connectivity index (χ3v) is 1.87. The molecule has 0 heterocycles. The van der Waals surface area contributed by atoms with Gasteiger partial charge >= 0.3 is 0 Å². The lowest BCUT2D eigenvalue weighted by Gasteiger charge is -2.11. The zero-order valence-corrected chi connectivity index (χ0v) is 8.31. The Labute approximate surface area is 91.4 Å². The number of benzene rings is 1. The molecule has 0 saturated heterocycles. The standard InChI is InChI=1S/C10H10FN3O2/c11-7-2-1-3-9(6(7)4-12)16-5-8(13)10(14)15/h1-3,8H,5,13H2,(H2,14,15). The summed E-state index contributed by atoms with van der Waals surface area (Å²) in [6.45, 7) is -0.201. The van der Waals surface area contributed by atoms with E-state index < -0.39 is 17.8 Å². The van der Waals surface area contributed by atoms with Crippen molar-refractivity contribution in [2.24, 2.45) is 11.5 Å². The molecule has 0 bridgehead atoms. The predicted molar refractivity (Wildman–Crippen MR) is 53.8 cm³/mol. The third kappa shape index (κ3) is 2.68. The van der Waals surface area contributed by atoms with Crippen molar-refractivity contribution in [1.29, 1.82) is 5.26 Å². The van der Waals surface area contributed by atoms with Crippen LogP contribution in [0.1, 0.15) is 5.56 Å². The highest BCUT2D eigenvalue weighted by atomic mass is 19.1. The molecule has 84 valence electrons. The summed E-state index contributed by atoms with van der Waals surface area (Å²) >= 11 is 0. The summed E-state index contributed by atoms with van der Waals surface area (Å²) in [7, 11) is 0. The molecule has 4 N–H and O–H groups in total. The fourth-order valence-electron chi connectivity index (χ4n) is 0.995. The van der Waals surface area contributed by atoms with Crippen LogP contribution >= 0.6 is 0 Å². The average molecular weight is 223 g/mol. The first-order chi connectivity index (χ1) is 7.56. The van der Waals surface area contributed by atoms with Gasteiger partial charge in [-0.2, -0.15) is 5.26 Å². The molecule has 0 aliphatic carbocycles. The molecule has 0 saturated carbocycles. The number of hydrogen-bond acceptors (Lipinski definition) is 4. The van der Waals surface area contributed by atoms with E-state index in [0.717, 1.165) is 6.07 Å². The highest BCUT2D eigenvalue weighted by Crippen LogP contribution is 2.20. The van der Waals surface area contributed by atoms with Crippen LogP contribution in [0.25, 0.3) is 0 Å². The number of nitrogens with two attached hydrogens (primary N) is 2. The first-order valence-electron chi connectivity index (χ1n) is 4.42. The molecule has 0 radical (unpaired) electrons. The molecule has 1 aromatic carbocycles. The summed E-state index contributed by atoms with van der Waals surface area (Å²) in [5.74, 6) is -1.37. The Hall–Kier alpha value is -2.13. The van der Waals surface area contributed by atoms with Gasteiger partial charge in [0.2, 0.25) is 5.91 Å². The summed E-state index contributed by atoms with van der Waals surface area (Å²) in [5, 5.41) is 8.68. The smallest absolute Gasteiger partial charge is 0.237 e. The van der Waals surface area contributed by atoms with E-state index in [-0.39, 0.29) is 17.9 Å². The van der Waals surface area contributed by atoms with Gasteiger partial charge in [0.25, 0.3) is 0 Å². The van der Waals surface area contributed by atoms with Gasteiger partial charge in [0, 0.05) is 0 Å². The van der Waals surface area contributed by atoms with Gasteiger partial charge in [0.15, 0.2) is 0 Å². The van der Waals surface area contributed by atoms with Crippen LogP contribution in [0.15, 0.2) is 18.2 Å². The van der Waals surface area contributed by atoms with E-state index in [4.69, 9.17) is 21.5 Å². The predicted octanol–water partition coefficient (Wildman–Crippen LogP) is -0.111. The number of carbonyl (C=O) groups is 1. The molecule has 0 aliphatic heterocycles. The molecule has 1 unspecified atom stereocenters. The van der Waals surface area contributed by atoms with Crippen molar-refractivity contribution >= 4 is 5.91 Å². The quantitative estimate of drug-likeness (QED) is 0.743. The van der Waals surface area contributed by atoms with Crippen molar-refractivity contribution < 1.29 is 13.9 Å². The topological polar surface area (TPSA) is 102 Å². The second-order valence-electron chi connectivity index (χ2n) is 3.04. The summed E-state index contributed by atoms with van der Waals surface area (Å²) in [5.41, 5.74) is 10.0. The van der Waals surface area contributed by atoms with Gasteiger partial charge in [0.1, 0.15) is 35.8 Å². The first-order valence-corrected chi connectivity index (χ1v) is 4.42. The van der Waals surface area contributed by atoms with Crippen LogP contribution in [-0.4, -0.2) is 18.6 Å². The molecule has 0 fully saturated rings. The van der Waals surface area contributed by atoms with Crippen molar-refractivity contribution in [2.45, 2.75) is 6.04 Å². The Morgan fingerprint density at radius 2 is 2.31 bits per heavy atom. The van der Waals surface area contributed by atoms with Crippen LogP contribution in [0.4, 0.5) is 4.39 Å². The van der Waals surface area contributed by atoms with Crippen molar-refractivity contribution in [3.05, 3.63) is 29.6 Å². The molecule has 1 aromatic rings. The second kappa shape index (κ2) is 5.09. The molecule has 0 spiro atoms. The minimum Gasteiger partial charge on any atom is -0.490 e. The Bertz CT molecular complexity index is 442. The number of amides is 1. The maximum atomic E-state index is 13.1. The van der Waals surface area contributed by atoms with Crippen molar-refractivity contribution in [1.82, 2.24) is 0 Å². The molecule has 5 nitrogen and oxygen atoms in total. The number of primary amides is 1. The van der Waals surface area contributed by atoms with Crippen molar-refractivity contribution in [3.63, 3.8) is 0 Å². The fraction of sp³-hybridized carbons (Fsp3) is 0.200. The molecule has 6 heteroatoms. The van der Waals surface area contributed by atoms with Gasteiger partial charge in [-0.15, -0.1) is 0 Å². The third-order valence-electron chi connectivity index (χ3n) is 1.87. The maximum Gasteiger partial charge on any atom is 0.237 e. The second-order valence-corrected chi connectivity index (χ2v) is 3.04. The zero-order chi connectivity index (χ0) is 12.1. The Kier molecular flexibility index (Phi) is 3.80. The number of nitrogens with zero attached hydrogens (tertiary/aromatic N) is 1. The average Bonchev–Trinajstić information content (AvgIpc) is 2.25. The number of ether oxygens (including phenoxy) is 1. The molecular formula is C10H10FN3O2. The molecule has 1 amide bonds.